The van der Waals surface area contributed by atoms with E-state index in [2.05, 4.69) is 26.7 Å². The lowest BCUT2D eigenvalue weighted by Crippen LogP contribution is -2.01. The Morgan fingerprint density at radius 3 is 2.96 bits per heavy atom. The molecule has 0 fully saturated rings. The van der Waals surface area contributed by atoms with Gasteiger partial charge in [0.1, 0.15) is 12.4 Å². The Morgan fingerprint density at radius 1 is 1.17 bits per heavy atom. The first-order valence-corrected chi connectivity index (χ1v) is 8.38. The Kier molecular flexibility index (Phi) is 3.79. The summed E-state index contributed by atoms with van der Waals surface area (Å²) < 4.78 is 8.61. The lowest BCUT2D eigenvalue weighted by molar-refractivity contribution is 0.201. The van der Waals surface area contributed by atoms with Gasteiger partial charge in [0.05, 0.1) is 34.2 Å². The molecule has 7 heteroatoms. The smallest absolute Gasteiger partial charge is 0.181 e. The van der Waals surface area contributed by atoms with Gasteiger partial charge in [-0.1, -0.05) is 17.4 Å². The van der Waals surface area contributed by atoms with Crippen LogP contribution in [0.15, 0.2) is 42.7 Å². The second-order valence-electron chi connectivity index (χ2n) is 5.45. The number of thiazole rings is 1. The van der Waals surface area contributed by atoms with E-state index in [1.165, 1.54) is 16.9 Å². The number of benzene rings is 2. The molecule has 4 rings (SSSR count). The van der Waals surface area contributed by atoms with Crippen LogP contribution in [0.5, 0.6) is 5.75 Å². The molecule has 0 saturated heterocycles. The fourth-order valence-corrected chi connectivity index (χ4v) is 3.50. The minimum Gasteiger partial charge on any atom is -0.491 e. The Labute approximate surface area is 142 Å². The predicted octanol–water partition coefficient (Wildman–Crippen LogP) is 2.65. The molecule has 2 aromatic heterocycles. The lowest BCUT2D eigenvalue weighted by Gasteiger charge is -2.06. The molecule has 2 aromatic carbocycles. The highest BCUT2D eigenvalue weighted by Gasteiger charge is 2.07. The third kappa shape index (κ3) is 2.79. The van der Waals surface area contributed by atoms with Gasteiger partial charge in [-0.2, -0.15) is 0 Å². The Balaban J connectivity index is 1.63. The number of rotatable bonds is 5. The van der Waals surface area contributed by atoms with Crippen molar-refractivity contribution < 1.29 is 9.84 Å². The van der Waals surface area contributed by atoms with Crippen LogP contribution in [-0.4, -0.2) is 32.9 Å². The van der Waals surface area contributed by atoms with Crippen molar-refractivity contribution in [2.45, 2.75) is 6.54 Å². The van der Waals surface area contributed by atoms with Crippen molar-refractivity contribution in [3.05, 3.63) is 48.3 Å². The summed E-state index contributed by atoms with van der Waals surface area (Å²) in [6.45, 7) is 1.00. The number of nitrogens with zero attached hydrogens (tertiary/aromatic N) is 3. The maximum atomic E-state index is 8.83. The summed E-state index contributed by atoms with van der Waals surface area (Å²) in [7, 11) is 0. The van der Waals surface area contributed by atoms with Gasteiger partial charge in [0.25, 0.3) is 0 Å². The van der Waals surface area contributed by atoms with Gasteiger partial charge in [0.15, 0.2) is 5.13 Å². The van der Waals surface area contributed by atoms with Gasteiger partial charge in [0, 0.05) is 12.6 Å². The van der Waals surface area contributed by atoms with Crippen molar-refractivity contribution in [3.63, 3.8) is 0 Å². The van der Waals surface area contributed by atoms with Crippen LogP contribution < -0.4 is 10.5 Å². The minimum atomic E-state index is -0.00293. The maximum absolute atomic E-state index is 8.83. The van der Waals surface area contributed by atoms with Gasteiger partial charge < -0.3 is 20.1 Å². The molecule has 0 radical (unpaired) electrons. The number of aliphatic hydroxyl groups excluding tert-OH is 1. The van der Waals surface area contributed by atoms with E-state index in [1.807, 2.05) is 30.6 Å². The van der Waals surface area contributed by atoms with Gasteiger partial charge in [-0.25, -0.2) is 9.97 Å². The summed E-state index contributed by atoms with van der Waals surface area (Å²) in [5.74, 6) is 0.711. The van der Waals surface area contributed by atoms with Crippen molar-refractivity contribution in [2.24, 2.45) is 0 Å². The average molecular weight is 340 g/mol. The molecule has 0 amide bonds. The largest absolute Gasteiger partial charge is 0.491 e. The monoisotopic (exact) mass is 340 g/mol. The summed E-state index contributed by atoms with van der Waals surface area (Å²) in [6, 6.07) is 11.9. The summed E-state index contributed by atoms with van der Waals surface area (Å²) in [6.07, 6.45) is 1.83. The number of ether oxygens (including phenoxy) is 1. The molecule has 0 saturated carbocycles. The number of anilines is 1. The fourth-order valence-electron chi connectivity index (χ4n) is 2.70. The summed E-state index contributed by atoms with van der Waals surface area (Å²) in [5.41, 5.74) is 9.78. The molecule has 0 unspecified atom stereocenters. The van der Waals surface area contributed by atoms with Crippen molar-refractivity contribution >= 4 is 37.7 Å². The van der Waals surface area contributed by atoms with Crippen LogP contribution in [0.25, 0.3) is 21.3 Å². The number of nitrogens with two attached hydrogens (primary N) is 1. The first-order chi connectivity index (χ1) is 11.7. The Hall–Kier alpha value is -2.64. The molecular weight excluding hydrogens is 324 g/mol. The molecule has 0 atom stereocenters. The molecule has 24 heavy (non-hydrogen) atoms. The Morgan fingerprint density at radius 2 is 2.08 bits per heavy atom. The highest BCUT2D eigenvalue weighted by Crippen LogP contribution is 2.26. The van der Waals surface area contributed by atoms with Crippen molar-refractivity contribution in [2.75, 3.05) is 18.9 Å². The van der Waals surface area contributed by atoms with Crippen LogP contribution in [0.3, 0.4) is 0 Å². The van der Waals surface area contributed by atoms with Crippen molar-refractivity contribution in [1.82, 2.24) is 14.5 Å². The van der Waals surface area contributed by atoms with Gasteiger partial charge in [-0.3, -0.25) is 0 Å². The molecule has 6 nitrogen and oxygen atoms in total. The second-order valence-corrected chi connectivity index (χ2v) is 6.51. The van der Waals surface area contributed by atoms with E-state index < -0.39 is 0 Å². The third-order valence-corrected chi connectivity index (χ3v) is 4.62. The van der Waals surface area contributed by atoms with E-state index in [-0.39, 0.29) is 13.2 Å². The predicted molar refractivity (Wildman–Crippen MR) is 95.4 cm³/mol. The van der Waals surface area contributed by atoms with E-state index in [0.29, 0.717) is 10.9 Å². The van der Waals surface area contributed by atoms with Gasteiger partial charge in [-0.15, -0.1) is 0 Å². The molecule has 4 aromatic rings. The molecule has 2 heterocycles. The summed E-state index contributed by atoms with van der Waals surface area (Å²) in [4.78, 5) is 8.72. The number of aromatic nitrogens is 3. The van der Waals surface area contributed by atoms with Crippen LogP contribution in [0.1, 0.15) is 5.56 Å². The normalized spacial score (nSPS) is 11.4. The molecule has 0 bridgehead atoms. The highest BCUT2D eigenvalue weighted by molar-refractivity contribution is 7.22. The van der Waals surface area contributed by atoms with Crippen LogP contribution >= 0.6 is 11.3 Å². The standard InChI is InChI=1S/C17H16N4O2S/c18-17-20-13-3-1-11(7-16(13)24-17)9-21-10-19-14-8-12(23-6-5-22)2-4-15(14)21/h1-4,7-8,10,22H,5-6,9H2,(H2,18,20). The number of fused-ring (bicyclic) bond motifs is 2. The van der Waals surface area contributed by atoms with Crippen LogP contribution in [0, 0.1) is 0 Å². The average Bonchev–Trinajstić information content (AvgIpc) is 3.15. The summed E-state index contributed by atoms with van der Waals surface area (Å²) >= 11 is 1.50. The zero-order valence-electron chi connectivity index (χ0n) is 12.8. The third-order valence-electron chi connectivity index (χ3n) is 3.77. The SMILES string of the molecule is Nc1nc2ccc(Cn3cnc4cc(OCCO)ccc43)cc2s1. The first kappa shape index (κ1) is 14.9. The zero-order valence-corrected chi connectivity index (χ0v) is 13.7. The number of hydrogen-bond donors (Lipinski definition) is 2. The summed E-state index contributed by atoms with van der Waals surface area (Å²) in [5, 5.41) is 9.42. The minimum absolute atomic E-state index is 0.00293. The van der Waals surface area contributed by atoms with E-state index in [0.717, 1.165) is 27.8 Å². The van der Waals surface area contributed by atoms with Gasteiger partial charge in [0.2, 0.25) is 0 Å². The molecule has 0 aliphatic rings. The Bertz CT molecular complexity index is 1010. The van der Waals surface area contributed by atoms with Gasteiger partial charge >= 0.3 is 0 Å². The zero-order chi connectivity index (χ0) is 16.5. The maximum Gasteiger partial charge on any atom is 0.181 e. The van der Waals surface area contributed by atoms with Crippen molar-refractivity contribution in [1.29, 1.82) is 0 Å². The molecule has 0 aliphatic heterocycles. The van der Waals surface area contributed by atoms with Crippen molar-refractivity contribution in [3.8, 4) is 5.75 Å². The van der Waals surface area contributed by atoms with Gasteiger partial charge in [-0.05, 0) is 29.8 Å². The number of imidazole rings is 1. The number of hydrogen-bond acceptors (Lipinski definition) is 6. The molecular formula is C17H16N4O2S. The fraction of sp³-hybridized carbons (Fsp3) is 0.176. The van der Waals surface area contributed by atoms with E-state index in [1.54, 1.807) is 0 Å². The molecule has 0 aliphatic carbocycles. The van der Waals surface area contributed by atoms with E-state index in [4.69, 9.17) is 15.6 Å². The van der Waals surface area contributed by atoms with Crippen LogP contribution in [0.4, 0.5) is 5.13 Å². The number of aliphatic hydroxyl groups is 1. The lowest BCUT2D eigenvalue weighted by atomic mass is 10.2. The number of nitrogen functional groups attached to an aromatic ring is 1. The van der Waals surface area contributed by atoms with Crippen LogP contribution in [-0.2, 0) is 6.54 Å². The van der Waals surface area contributed by atoms with E-state index >= 15 is 0 Å². The molecule has 0 spiro atoms. The quantitative estimate of drug-likeness (QED) is 0.583. The topological polar surface area (TPSA) is 86.2 Å². The van der Waals surface area contributed by atoms with Crippen LogP contribution in [0.2, 0.25) is 0 Å². The molecule has 3 N–H and O–H groups in total. The highest BCUT2D eigenvalue weighted by atomic mass is 32.1. The second kappa shape index (κ2) is 6.10. The van der Waals surface area contributed by atoms with E-state index in [9.17, 15) is 0 Å². The first-order valence-electron chi connectivity index (χ1n) is 7.56. The molecule has 122 valence electrons.